The van der Waals surface area contributed by atoms with Crippen molar-refractivity contribution in [2.24, 2.45) is 0 Å². The molecule has 2 aromatic carbocycles. The van der Waals surface area contributed by atoms with Gasteiger partial charge in [0.05, 0.1) is 34.9 Å². The van der Waals surface area contributed by atoms with Crippen LogP contribution < -0.4 is 14.5 Å². The number of rotatable bonds is 8. The average Bonchev–Trinajstić information content (AvgIpc) is 3.61. The summed E-state index contributed by atoms with van der Waals surface area (Å²) in [6.07, 6.45) is 3.48. The predicted molar refractivity (Wildman–Crippen MR) is 158 cm³/mol. The lowest BCUT2D eigenvalue weighted by molar-refractivity contribution is 0.187. The fraction of sp³-hybridized carbons (Fsp3) is 0.517. The molecule has 0 aliphatic carbocycles. The minimum absolute atomic E-state index is 0.209. The number of ether oxygens (including phenoxy) is 1. The van der Waals surface area contributed by atoms with Crippen LogP contribution in [0.15, 0.2) is 36.4 Å². The molecule has 2 saturated heterocycles. The van der Waals surface area contributed by atoms with E-state index in [1.54, 1.807) is 0 Å². The molecular formula is C29H36ClN5O4S. The third-order valence-corrected chi connectivity index (χ3v) is 11.1. The molecule has 2 atom stereocenters. The van der Waals surface area contributed by atoms with E-state index in [1.807, 2.05) is 12.1 Å². The van der Waals surface area contributed by atoms with Gasteiger partial charge in [0, 0.05) is 42.3 Å². The van der Waals surface area contributed by atoms with E-state index < -0.39 is 15.1 Å². The molecule has 3 aromatic rings. The molecule has 0 radical (unpaired) electrons. The fourth-order valence-corrected chi connectivity index (χ4v) is 8.07. The molecule has 3 aliphatic heterocycles. The second-order valence-corrected chi connectivity index (χ2v) is 13.9. The molecule has 1 unspecified atom stereocenters. The highest BCUT2D eigenvalue weighted by Gasteiger charge is 2.36. The number of benzene rings is 2. The summed E-state index contributed by atoms with van der Waals surface area (Å²) >= 11 is 6.66. The first kappa shape index (κ1) is 27.5. The highest BCUT2D eigenvalue weighted by atomic mass is 35.5. The van der Waals surface area contributed by atoms with E-state index in [4.69, 9.17) is 26.3 Å². The highest BCUT2D eigenvalue weighted by molar-refractivity contribution is 7.92. The molecule has 6 rings (SSSR count). The molecule has 1 N–H and O–H groups in total. The summed E-state index contributed by atoms with van der Waals surface area (Å²) in [5.41, 5.74) is 3.02. The number of likely N-dealkylation sites (tertiary alicyclic amines) is 1. The first-order valence-corrected chi connectivity index (χ1v) is 16.2. The van der Waals surface area contributed by atoms with Gasteiger partial charge in [-0.3, -0.25) is 0 Å². The number of anilines is 2. The Morgan fingerprint density at radius 1 is 1.07 bits per heavy atom. The largest absolute Gasteiger partial charge is 0.462 e. The normalized spacial score (nSPS) is 21.8. The quantitative estimate of drug-likeness (QED) is 0.427. The van der Waals surface area contributed by atoms with Crippen molar-refractivity contribution in [2.75, 3.05) is 62.0 Å². The Morgan fingerprint density at radius 2 is 1.90 bits per heavy atom. The zero-order valence-electron chi connectivity index (χ0n) is 22.8. The van der Waals surface area contributed by atoms with Crippen molar-refractivity contribution in [3.63, 3.8) is 0 Å². The predicted octanol–water partition coefficient (Wildman–Crippen LogP) is 3.30. The van der Waals surface area contributed by atoms with Gasteiger partial charge in [0.15, 0.2) is 9.84 Å². The van der Waals surface area contributed by atoms with Crippen molar-refractivity contribution in [3.8, 4) is 6.01 Å². The van der Waals surface area contributed by atoms with Crippen molar-refractivity contribution in [3.05, 3.63) is 52.7 Å². The number of likely N-dealkylation sites (N-methyl/N-ethyl adjacent to an activating group) is 1. The van der Waals surface area contributed by atoms with Gasteiger partial charge in [-0.05, 0) is 56.8 Å². The summed E-state index contributed by atoms with van der Waals surface area (Å²) in [6.45, 7) is 3.51. The summed E-state index contributed by atoms with van der Waals surface area (Å²) in [5, 5.41) is 11.6. The molecule has 0 spiro atoms. The van der Waals surface area contributed by atoms with Crippen LogP contribution in [0.4, 0.5) is 11.5 Å². The zero-order valence-corrected chi connectivity index (χ0v) is 24.4. The standard InChI is InChI=1S/C29H36ClN5O4S/c1-33-12-4-7-21(33)19-39-29-31-25-18-34(26-9-3-6-20-5-2-8-24(30)27(20)26)14-11-23(25)28(32-29)35-13-10-22(17-35)40(37,38)16-15-36/h2-3,5-6,8-9,21-22,36H,4,7,10-19H2,1H3/t21-,22?/m0/s1. The molecule has 3 aliphatic rings. The molecule has 4 heterocycles. The summed E-state index contributed by atoms with van der Waals surface area (Å²) in [6, 6.07) is 12.9. The van der Waals surface area contributed by atoms with Gasteiger partial charge in [-0.15, -0.1) is 0 Å². The molecule has 1 aromatic heterocycles. The molecule has 214 valence electrons. The highest BCUT2D eigenvalue weighted by Crippen LogP contribution is 2.37. The van der Waals surface area contributed by atoms with Gasteiger partial charge in [-0.25, -0.2) is 8.42 Å². The smallest absolute Gasteiger partial charge is 0.318 e. The minimum Gasteiger partial charge on any atom is -0.462 e. The average molecular weight is 586 g/mol. The Kier molecular flexibility index (Phi) is 7.78. The number of nitrogens with zero attached hydrogens (tertiary/aromatic N) is 5. The zero-order chi connectivity index (χ0) is 27.9. The SMILES string of the molecule is CN1CCC[C@H]1COc1nc2c(c(N3CCC(S(=O)(=O)CCO)C3)n1)CCN(c1cccc3cccc(Cl)c13)C2. The molecule has 9 nitrogen and oxygen atoms in total. The number of hydrogen-bond donors (Lipinski definition) is 1. The van der Waals surface area contributed by atoms with Gasteiger partial charge < -0.3 is 24.5 Å². The Morgan fingerprint density at radius 3 is 2.67 bits per heavy atom. The van der Waals surface area contributed by atoms with Crippen molar-refractivity contribution in [1.82, 2.24) is 14.9 Å². The van der Waals surface area contributed by atoms with Gasteiger partial charge in [0.2, 0.25) is 0 Å². The maximum Gasteiger partial charge on any atom is 0.318 e. The summed E-state index contributed by atoms with van der Waals surface area (Å²) in [7, 11) is -1.26. The van der Waals surface area contributed by atoms with Crippen LogP contribution in [0, 0.1) is 0 Å². The Balaban J connectivity index is 1.33. The Hall–Kier alpha value is -2.66. The fourth-order valence-electron chi connectivity index (χ4n) is 6.33. The number of halogens is 1. The molecule has 40 heavy (non-hydrogen) atoms. The van der Waals surface area contributed by atoms with Gasteiger partial charge in [-0.1, -0.05) is 35.9 Å². The van der Waals surface area contributed by atoms with Crippen LogP contribution in [0.5, 0.6) is 6.01 Å². The van der Waals surface area contributed by atoms with E-state index in [0.29, 0.717) is 44.7 Å². The van der Waals surface area contributed by atoms with Gasteiger partial charge in [0.1, 0.15) is 12.4 Å². The number of aliphatic hydroxyl groups is 1. The molecule has 2 fully saturated rings. The van der Waals surface area contributed by atoms with Crippen molar-refractivity contribution in [1.29, 1.82) is 0 Å². The third kappa shape index (κ3) is 5.34. The second kappa shape index (κ2) is 11.3. The molecule has 11 heteroatoms. The molecule has 0 saturated carbocycles. The molecule has 0 amide bonds. The van der Waals surface area contributed by atoms with E-state index in [9.17, 15) is 13.5 Å². The first-order valence-electron chi connectivity index (χ1n) is 14.1. The number of aromatic nitrogens is 2. The Bertz CT molecular complexity index is 1500. The van der Waals surface area contributed by atoms with E-state index >= 15 is 0 Å². The van der Waals surface area contributed by atoms with Crippen LogP contribution in [0.2, 0.25) is 5.02 Å². The summed E-state index contributed by atoms with van der Waals surface area (Å²) < 4.78 is 31.6. The number of fused-ring (bicyclic) bond motifs is 2. The number of sulfone groups is 1. The van der Waals surface area contributed by atoms with E-state index in [0.717, 1.165) is 70.9 Å². The van der Waals surface area contributed by atoms with Crippen LogP contribution in [-0.4, -0.2) is 91.9 Å². The van der Waals surface area contributed by atoms with Crippen LogP contribution >= 0.6 is 11.6 Å². The Labute approximate surface area is 240 Å². The van der Waals surface area contributed by atoms with Gasteiger partial charge in [0.25, 0.3) is 0 Å². The lowest BCUT2D eigenvalue weighted by Gasteiger charge is -2.33. The number of aliphatic hydroxyl groups excluding tert-OH is 1. The number of hydrogen-bond acceptors (Lipinski definition) is 9. The monoisotopic (exact) mass is 585 g/mol. The lowest BCUT2D eigenvalue weighted by Crippen LogP contribution is -2.35. The van der Waals surface area contributed by atoms with Crippen molar-refractivity contribution >= 4 is 43.7 Å². The first-order chi connectivity index (χ1) is 19.3. The third-order valence-electron chi connectivity index (χ3n) is 8.60. The lowest BCUT2D eigenvalue weighted by atomic mass is 10.0. The van der Waals surface area contributed by atoms with Gasteiger partial charge in [-0.2, -0.15) is 9.97 Å². The maximum absolute atomic E-state index is 12.7. The van der Waals surface area contributed by atoms with Crippen molar-refractivity contribution < 1.29 is 18.3 Å². The van der Waals surface area contributed by atoms with Crippen LogP contribution in [-0.2, 0) is 22.8 Å². The van der Waals surface area contributed by atoms with Crippen LogP contribution in [0.1, 0.15) is 30.5 Å². The van der Waals surface area contributed by atoms with Crippen LogP contribution in [0.25, 0.3) is 10.8 Å². The maximum atomic E-state index is 12.7. The summed E-state index contributed by atoms with van der Waals surface area (Å²) in [5.74, 6) is 0.566. The minimum atomic E-state index is -3.37. The molecular weight excluding hydrogens is 550 g/mol. The van der Waals surface area contributed by atoms with E-state index in [1.165, 1.54) is 0 Å². The van der Waals surface area contributed by atoms with E-state index in [-0.39, 0.29) is 12.4 Å². The molecule has 0 bridgehead atoms. The summed E-state index contributed by atoms with van der Waals surface area (Å²) in [4.78, 5) is 16.5. The van der Waals surface area contributed by atoms with Gasteiger partial charge >= 0.3 is 6.01 Å². The van der Waals surface area contributed by atoms with Crippen LogP contribution in [0.3, 0.4) is 0 Å². The second-order valence-electron chi connectivity index (χ2n) is 11.1. The topological polar surface area (TPSA) is 99.1 Å². The van der Waals surface area contributed by atoms with E-state index in [2.05, 4.69) is 46.0 Å². The van der Waals surface area contributed by atoms with Crippen molar-refractivity contribution in [2.45, 2.75) is 43.5 Å².